The smallest absolute Gasteiger partial charge is 0.226 e. The van der Waals surface area contributed by atoms with Crippen molar-refractivity contribution >= 4 is 11.6 Å². The lowest BCUT2D eigenvalue weighted by molar-refractivity contribution is -0.116. The zero-order valence-electron chi connectivity index (χ0n) is 11.0. The molecule has 0 saturated heterocycles. The second-order valence-corrected chi connectivity index (χ2v) is 4.32. The Labute approximate surface area is 112 Å². The van der Waals surface area contributed by atoms with Gasteiger partial charge in [-0.2, -0.15) is 5.10 Å². The molecule has 1 amide bonds. The number of aromatic nitrogens is 2. The molecule has 0 spiro atoms. The molecule has 1 atom stereocenters. The van der Waals surface area contributed by atoms with E-state index in [1.165, 1.54) is 0 Å². The van der Waals surface area contributed by atoms with E-state index in [1.807, 2.05) is 43.5 Å². The zero-order chi connectivity index (χ0) is 13.7. The highest BCUT2D eigenvalue weighted by atomic mass is 16.5. The number of amides is 1. The maximum atomic E-state index is 11.9. The van der Waals surface area contributed by atoms with Crippen molar-refractivity contribution in [2.75, 3.05) is 12.4 Å². The van der Waals surface area contributed by atoms with Crippen molar-refractivity contribution in [1.29, 1.82) is 0 Å². The lowest BCUT2D eigenvalue weighted by Crippen LogP contribution is -2.17. The summed E-state index contributed by atoms with van der Waals surface area (Å²) in [6.45, 7) is 1.96. The third-order valence-electron chi connectivity index (χ3n) is 2.83. The van der Waals surface area contributed by atoms with Gasteiger partial charge in [-0.15, -0.1) is 0 Å². The number of hydrogen-bond acceptors (Lipinski definition) is 3. The Morgan fingerprint density at radius 1 is 1.42 bits per heavy atom. The average molecular weight is 259 g/mol. The number of ether oxygens (including phenoxy) is 1. The SMILES string of the molecule is COc1ccc(NC(=O)CC(C)n2cccn2)cc1. The molecule has 0 bridgehead atoms. The molecule has 1 heterocycles. The van der Waals surface area contributed by atoms with E-state index in [9.17, 15) is 4.79 Å². The van der Waals surface area contributed by atoms with Crippen LogP contribution in [0, 0.1) is 0 Å². The second kappa shape index (κ2) is 6.04. The van der Waals surface area contributed by atoms with Crippen molar-refractivity contribution in [3.63, 3.8) is 0 Å². The fourth-order valence-corrected chi connectivity index (χ4v) is 1.79. The lowest BCUT2D eigenvalue weighted by Gasteiger charge is -2.12. The molecule has 0 aliphatic heterocycles. The van der Waals surface area contributed by atoms with Gasteiger partial charge in [0, 0.05) is 24.5 Å². The Bertz CT molecular complexity index is 520. The van der Waals surface area contributed by atoms with Gasteiger partial charge in [0.15, 0.2) is 0 Å². The summed E-state index contributed by atoms with van der Waals surface area (Å²) in [5.41, 5.74) is 0.762. The maximum absolute atomic E-state index is 11.9. The number of carbonyl (C=O) groups excluding carboxylic acids is 1. The van der Waals surface area contributed by atoms with E-state index >= 15 is 0 Å². The second-order valence-electron chi connectivity index (χ2n) is 4.32. The summed E-state index contributed by atoms with van der Waals surface area (Å²) in [6, 6.07) is 9.13. The molecule has 19 heavy (non-hydrogen) atoms. The molecule has 1 unspecified atom stereocenters. The molecule has 5 heteroatoms. The molecule has 1 aromatic heterocycles. The number of methoxy groups -OCH3 is 1. The van der Waals surface area contributed by atoms with Crippen molar-refractivity contribution in [3.8, 4) is 5.75 Å². The summed E-state index contributed by atoms with van der Waals surface area (Å²) in [5.74, 6) is 0.732. The Kier molecular flexibility index (Phi) is 4.18. The van der Waals surface area contributed by atoms with Gasteiger partial charge in [-0.1, -0.05) is 0 Å². The fourth-order valence-electron chi connectivity index (χ4n) is 1.79. The molecule has 100 valence electrons. The van der Waals surface area contributed by atoms with Crippen LogP contribution in [-0.4, -0.2) is 22.8 Å². The first kappa shape index (κ1) is 13.1. The van der Waals surface area contributed by atoms with Crippen LogP contribution >= 0.6 is 0 Å². The molecule has 0 fully saturated rings. The summed E-state index contributed by atoms with van der Waals surface area (Å²) in [5, 5.41) is 6.97. The van der Waals surface area contributed by atoms with Crippen molar-refractivity contribution in [2.24, 2.45) is 0 Å². The standard InChI is InChI=1S/C14H17N3O2/c1-11(17-9-3-8-15-17)10-14(18)16-12-4-6-13(19-2)7-5-12/h3-9,11H,10H2,1-2H3,(H,16,18). The molecule has 1 N–H and O–H groups in total. The Balaban J connectivity index is 1.90. The highest BCUT2D eigenvalue weighted by Crippen LogP contribution is 2.16. The minimum atomic E-state index is -0.0341. The largest absolute Gasteiger partial charge is 0.497 e. The van der Waals surface area contributed by atoms with Gasteiger partial charge in [-0.3, -0.25) is 9.48 Å². The third kappa shape index (κ3) is 3.58. The Morgan fingerprint density at radius 3 is 2.74 bits per heavy atom. The molecule has 0 aliphatic carbocycles. The van der Waals surface area contributed by atoms with Gasteiger partial charge in [0.25, 0.3) is 0 Å². The molecule has 1 aromatic carbocycles. The van der Waals surface area contributed by atoms with Gasteiger partial charge in [0.2, 0.25) is 5.91 Å². The van der Waals surface area contributed by atoms with Gasteiger partial charge in [0.05, 0.1) is 13.2 Å². The van der Waals surface area contributed by atoms with E-state index in [4.69, 9.17) is 4.74 Å². The van der Waals surface area contributed by atoms with Crippen molar-refractivity contribution < 1.29 is 9.53 Å². The highest BCUT2D eigenvalue weighted by molar-refractivity contribution is 5.90. The predicted molar refractivity (Wildman–Crippen MR) is 73.2 cm³/mol. The first-order valence-electron chi connectivity index (χ1n) is 6.12. The number of nitrogens with one attached hydrogen (secondary N) is 1. The van der Waals surface area contributed by atoms with Crippen LogP contribution in [-0.2, 0) is 4.79 Å². The van der Waals surface area contributed by atoms with E-state index in [2.05, 4.69) is 10.4 Å². The first-order valence-corrected chi connectivity index (χ1v) is 6.12. The zero-order valence-corrected chi connectivity index (χ0v) is 11.0. The molecule has 2 aromatic rings. The van der Waals surface area contributed by atoms with Gasteiger partial charge < -0.3 is 10.1 Å². The van der Waals surface area contributed by atoms with Crippen molar-refractivity contribution in [1.82, 2.24) is 9.78 Å². The van der Waals surface area contributed by atoms with Crippen LogP contribution < -0.4 is 10.1 Å². The number of anilines is 1. The molecule has 5 nitrogen and oxygen atoms in total. The summed E-state index contributed by atoms with van der Waals surface area (Å²) < 4.78 is 6.83. The van der Waals surface area contributed by atoms with E-state index in [1.54, 1.807) is 18.0 Å². The van der Waals surface area contributed by atoms with Crippen LogP contribution in [0.4, 0.5) is 5.69 Å². The van der Waals surface area contributed by atoms with E-state index in [-0.39, 0.29) is 11.9 Å². The molecular weight excluding hydrogens is 242 g/mol. The van der Waals surface area contributed by atoms with Gasteiger partial charge in [-0.25, -0.2) is 0 Å². The fraction of sp³-hybridized carbons (Fsp3) is 0.286. The summed E-state index contributed by atoms with van der Waals surface area (Å²) in [6.07, 6.45) is 3.94. The number of rotatable bonds is 5. The van der Waals surface area contributed by atoms with Gasteiger partial charge in [0.1, 0.15) is 5.75 Å². The Morgan fingerprint density at radius 2 is 2.16 bits per heavy atom. The third-order valence-corrected chi connectivity index (χ3v) is 2.83. The molecule has 0 saturated carbocycles. The van der Waals surface area contributed by atoms with E-state index in [0.717, 1.165) is 11.4 Å². The molecule has 0 radical (unpaired) electrons. The normalized spacial score (nSPS) is 11.9. The molecule has 0 aliphatic rings. The topological polar surface area (TPSA) is 56.1 Å². The van der Waals surface area contributed by atoms with Gasteiger partial charge in [-0.05, 0) is 37.3 Å². The minimum Gasteiger partial charge on any atom is -0.497 e. The first-order chi connectivity index (χ1) is 9.19. The quantitative estimate of drug-likeness (QED) is 0.897. The number of hydrogen-bond donors (Lipinski definition) is 1. The summed E-state index contributed by atoms with van der Waals surface area (Å²) in [7, 11) is 1.61. The van der Waals surface area contributed by atoms with Crippen molar-refractivity contribution in [2.45, 2.75) is 19.4 Å². The average Bonchev–Trinajstić information content (AvgIpc) is 2.93. The maximum Gasteiger partial charge on any atom is 0.226 e. The summed E-state index contributed by atoms with van der Waals surface area (Å²) in [4.78, 5) is 11.9. The summed E-state index contributed by atoms with van der Waals surface area (Å²) >= 11 is 0. The number of nitrogens with zero attached hydrogens (tertiary/aromatic N) is 2. The van der Waals surface area contributed by atoms with Crippen LogP contribution in [0.2, 0.25) is 0 Å². The lowest BCUT2D eigenvalue weighted by atomic mass is 10.2. The monoisotopic (exact) mass is 259 g/mol. The molecule has 2 rings (SSSR count). The van der Waals surface area contributed by atoms with Crippen LogP contribution in [0.25, 0.3) is 0 Å². The van der Waals surface area contributed by atoms with Crippen molar-refractivity contribution in [3.05, 3.63) is 42.7 Å². The van der Waals surface area contributed by atoms with E-state index in [0.29, 0.717) is 6.42 Å². The van der Waals surface area contributed by atoms with Crippen LogP contribution in [0.3, 0.4) is 0 Å². The number of carbonyl (C=O) groups is 1. The Hall–Kier alpha value is -2.30. The van der Waals surface area contributed by atoms with Gasteiger partial charge >= 0.3 is 0 Å². The minimum absolute atomic E-state index is 0.0341. The van der Waals surface area contributed by atoms with Crippen LogP contribution in [0.1, 0.15) is 19.4 Å². The predicted octanol–water partition coefficient (Wildman–Crippen LogP) is 2.48. The van der Waals surface area contributed by atoms with E-state index < -0.39 is 0 Å². The van der Waals surface area contributed by atoms with Crippen LogP contribution in [0.5, 0.6) is 5.75 Å². The number of benzene rings is 1. The molecular formula is C14H17N3O2. The van der Waals surface area contributed by atoms with Crippen LogP contribution in [0.15, 0.2) is 42.7 Å². The highest BCUT2D eigenvalue weighted by Gasteiger charge is 2.11.